The molecule has 0 saturated carbocycles. The highest BCUT2D eigenvalue weighted by molar-refractivity contribution is 6.23. The second-order valence-electron chi connectivity index (χ2n) is 7.17. The van der Waals surface area contributed by atoms with Crippen molar-refractivity contribution in [1.29, 1.82) is 0 Å². The molecule has 2 aromatic carbocycles. The van der Waals surface area contributed by atoms with E-state index in [9.17, 15) is 9.59 Å². The summed E-state index contributed by atoms with van der Waals surface area (Å²) in [6, 6.07) is 15.2. The standard InChI is InChI=1S/C23H24N2O3/c1-3-4-13-24-15-20(18-7-5-6-8-21(18)24)19-14-22(26)25(23(19)27)16-9-11-17(28-2)12-10-16/h5-12,15,19H,3-4,13-14H2,1-2H3. The van der Waals surface area contributed by atoms with E-state index >= 15 is 0 Å². The van der Waals surface area contributed by atoms with Gasteiger partial charge in [0.25, 0.3) is 0 Å². The Labute approximate surface area is 164 Å². The molecule has 1 aliphatic rings. The summed E-state index contributed by atoms with van der Waals surface area (Å²) in [6.45, 7) is 3.08. The molecule has 0 aliphatic carbocycles. The molecule has 0 N–H and O–H groups in total. The summed E-state index contributed by atoms with van der Waals surface area (Å²) in [6.07, 6.45) is 4.45. The number of amides is 2. The predicted octanol–water partition coefficient (Wildman–Crippen LogP) is 4.50. The summed E-state index contributed by atoms with van der Waals surface area (Å²) < 4.78 is 7.38. The van der Waals surface area contributed by atoms with Gasteiger partial charge in [0.05, 0.1) is 18.7 Å². The van der Waals surface area contributed by atoms with Crippen LogP contribution in [0.15, 0.2) is 54.7 Å². The van der Waals surface area contributed by atoms with Crippen molar-refractivity contribution in [3.05, 3.63) is 60.3 Å². The van der Waals surface area contributed by atoms with Gasteiger partial charge in [0.1, 0.15) is 5.75 Å². The second-order valence-corrected chi connectivity index (χ2v) is 7.17. The maximum atomic E-state index is 13.2. The van der Waals surface area contributed by atoms with Crippen molar-refractivity contribution < 1.29 is 14.3 Å². The quantitative estimate of drug-likeness (QED) is 0.595. The number of ether oxygens (including phenoxy) is 1. The summed E-state index contributed by atoms with van der Waals surface area (Å²) >= 11 is 0. The SMILES string of the molecule is CCCCn1cc(C2CC(=O)N(c3ccc(OC)cc3)C2=O)c2ccccc21. The average molecular weight is 376 g/mol. The number of carbonyl (C=O) groups excluding carboxylic acids is 2. The Morgan fingerprint density at radius 1 is 1.07 bits per heavy atom. The molecule has 144 valence electrons. The second kappa shape index (κ2) is 7.50. The number of imide groups is 1. The Morgan fingerprint density at radius 3 is 2.54 bits per heavy atom. The molecular formula is C23H24N2O3. The largest absolute Gasteiger partial charge is 0.497 e. The highest BCUT2D eigenvalue weighted by Crippen LogP contribution is 2.37. The van der Waals surface area contributed by atoms with Crippen LogP contribution in [-0.4, -0.2) is 23.5 Å². The molecule has 4 rings (SSSR count). The van der Waals surface area contributed by atoms with E-state index in [2.05, 4.69) is 23.8 Å². The first-order chi connectivity index (χ1) is 13.6. The molecule has 2 heterocycles. The number of hydrogen-bond donors (Lipinski definition) is 0. The van der Waals surface area contributed by atoms with Crippen LogP contribution in [-0.2, 0) is 16.1 Å². The van der Waals surface area contributed by atoms with Crippen LogP contribution in [0.1, 0.15) is 37.7 Å². The number of hydrogen-bond acceptors (Lipinski definition) is 3. The number of carbonyl (C=O) groups is 2. The Bertz CT molecular complexity index is 1020. The van der Waals surface area contributed by atoms with Gasteiger partial charge in [0, 0.05) is 30.1 Å². The molecule has 0 bridgehead atoms. The van der Waals surface area contributed by atoms with Crippen LogP contribution < -0.4 is 9.64 Å². The molecular weight excluding hydrogens is 352 g/mol. The summed E-state index contributed by atoms with van der Waals surface area (Å²) in [5.41, 5.74) is 2.66. The lowest BCUT2D eigenvalue weighted by Crippen LogP contribution is -2.29. The van der Waals surface area contributed by atoms with E-state index in [1.165, 1.54) is 4.90 Å². The molecule has 5 nitrogen and oxygen atoms in total. The highest BCUT2D eigenvalue weighted by Gasteiger charge is 2.41. The van der Waals surface area contributed by atoms with Crippen molar-refractivity contribution in [2.24, 2.45) is 0 Å². The molecule has 5 heteroatoms. The predicted molar refractivity (Wildman–Crippen MR) is 110 cm³/mol. The van der Waals surface area contributed by atoms with Crippen LogP contribution in [0.25, 0.3) is 10.9 Å². The number of aromatic nitrogens is 1. The van der Waals surface area contributed by atoms with Crippen molar-refractivity contribution in [3.63, 3.8) is 0 Å². The Hall–Kier alpha value is -3.08. The van der Waals surface area contributed by atoms with Gasteiger partial charge in [-0.25, -0.2) is 0 Å². The van der Waals surface area contributed by atoms with Gasteiger partial charge in [-0.15, -0.1) is 0 Å². The number of benzene rings is 2. The zero-order chi connectivity index (χ0) is 19.7. The zero-order valence-electron chi connectivity index (χ0n) is 16.2. The minimum atomic E-state index is -0.442. The monoisotopic (exact) mass is 376 g/mol. The molecule has 0 radical (unpaired) electrons. The average Bonchev–Trinajstić information content (AvgIpc) is 3.23. The lowest BCUT2D eigenvalue weighted by atomic mass is 9.97. The Morgan fingerprint density at radius 2 is 1.82 bits per heavy atom. The Balaban J connectivity index is 1.70. The number of fused-ring (bicyclic) bond motifs is 1. The van der Waals surface area contributed by atoms with Gasteiger partial charge in [-0.3, -0.25) is 14.5 Å². The summed E-state index contributed by atoms with van der Waals surface area (Å²) in [7, 11) is 1.59. The summed E-state index contributed by atoms with van der Waals surface area (Å²) in [4.78, 5) is 27.2. The topological polar surface area (TPSA) is 51.5 Å². The summed E-state index contributed by atoms with van der Waals surface area (Å²) in [5, 5.41) is 1.06. The molecule has 1 atom stereocenters. The number of rotatable bonds is 6. The lowest BCUT2D eigenvalue weighted by Gasteiger charge is -2.15. The molecule has 1 fully saturated rings. The number of unbranched alkanes of at least 4 members (excludes halogenated alkanes) is 1. The van der Waals surface area contributed by atoms with Crippen LogP contribution in [0, 0.1) is 0 Å². The van der Waals surface area contributed by atoms with Gasteiger partial charge in [0.2, 0.25) is 11.8 Å². The van der Waals surface area contributed by atoms with E-state index in [0.29, 0.717) is 11.4 Å². The Kier molecular flexibility index (Phi) is 4.90. The molecule has 2 amide bonds. The van der Waals surface area contributed by atoms with Crippen LogP contribution in [0.5, 0.6) is 5.75 Å². The lowest BCUT2D eigenvalue weighted by molar-refractivity contribution is -0.121. The first-order valence-electron chi connectivity index (χ1n) is 9.72. The van der Waals surface area contributed by atoms with E-state index in [-0.39, 0.29) is 18.2 Å². The first-order valence-corrected chi connectivity index (χ1v) is 9.72. The number of anilines is 1. The molecule has 28 heavy (non-hydrogen) atoms. The maximum absolute atomic E-state index is 13.2. The molecule has 1 unspecified atom stereocenters. The minimum Gasteiger partial charge on any atom is -0.497 e. The molecule has 1 aromatic heterocycles. The fourth-order valence-corrected chi connectivity index (χ4v) is 3.94. The number of methoxy groups -OCH3 is 1. The number of nitrogens with zero attached hydrogens (tertiary/aromatic N) is 2. The molecule has 0 spiro atoms. The number of aryl methyl sites for hydroxylation is 1. The molecule has 1 saturated heterocycles. The van der Waals surface area contributed by atoms with Crippen molar-refractivity contribution in [2.75, 3.05) is 12.0 Å². The smallest absolute Gasteiger partial charge is 0.241 e. The van der Waals surface area contributed by atoms with Gasteiger partial charge in [-0.2, -0.15) is 0 Å². The molecule has 1 aliphatic heterocycles. The van der Waals surface area contributed by atoms with E-state index in [1.807, 2.05) is 18.2 Å². The van der Waals surface area contributed by atoms with E-state index in [0.717, 1.165) is 35.9 Å². The van der Waals surface area contributed by atoms with Crippen molar-refractivity contribution in [2.45, 2.75) is 38.6 Å². The van der Waals surface area contributed by atoms with Gasteiger partial charge < -0.3 is 9.30 Å². The van der Waals surface area contributed by atoms with Crippen LogP contribution in [0.4, 0.5) is 5.69 Å². The van der Waals surface area contributed by atoms with Crippen molar-refractivity contribution in [1.82, 2.24) is 4.57 Å². The van der Waals surface area contributed by atoms with Crippen LogP contribution in [0.3, 0.4) is 0 Å². The zero-order valence-corrected chi connectivity index (χ0v) is 16.2. The summed E-state index contributed by atoms with van der Waals surface area (Å²) in [5.74, 6) is -0.0696. The molecule has 3 aromatic rings. The van der Waals surface area contributed by atoms with E-state index < -0.39 is 5.92 Å². The fourth-order valence-electron chi connectivity index (χ4n) is 3.94. The third kappa shape index (κ3) is 3.07. The van der Waals surface area contributed by atoms with Crippen LogP contribution >= 0.6 is 0 Å². The van der Waals surface area contributed by atoms with E-state index in [1.54, 1.807) is 31.4 Å². The number of para-hydroxylation sites is 1. The first kappa shape index (κ1) is 18.3. The van der Waals surface area contributed by atoms with Gasteiger partial charge >= 0.3 is 0 Å². The van der Waals surface area contributed by atoms with Gasteiger partial charge in [-0.05, 0) is 42.3 Å². The fraction of sp³-hybridized carbons (Fsp3) is 0.304. The van der Waals surface area contributed by atoms with Gasteiger partial charge in [-0.1, -0.05) is 31.5 Å². The normalized spacial score (nSPS) is 16.9. The minimum absolute atomic E-state index is 0.159. The maximum Gasteiger partial charge on any atom is 0.241 e. The third-order valence-corrected chi connectivity index (χ3v) is 5.42. The van der Waals surface area contributed by atoms with Gasteiger partial charge in [0.15, 0.2) is 0 Å². The van der Waals surface area contributed by atoms with Crippen molar-refractivity contribution in [3.8, 4) is 5.75 Å². The van der Waals surface area contributed by atoms with Crippen molar-refractivity contribution >= 4 is 28.4 Å². The highest BCUT2D eigenvalue weighted by atomic mass is 16.5. The third-order valence-electron chi connectivity index (χ3n) is 5.42. The van der Waals surface area contributed by atoms with E-state index in [4.69, 9.17) is 4.74 Å². The van der Waals surface area contributed by atoms with Crippen LogP contribution in [0.2, 0.25) is 0 Å².